The number of nitrogens with zero attached hydrogens (tertiary/aromatic N) is 5. The SMILES string of the molecule is O=C(O)Cc1nnnn1CC(=O)Nc1nccs1. The Balaban J connectivity index is 1.98. The summed E-state index contributed by atoms with van der Waals surface area (Å²) in [6, 6.07) is 0. The number of thiazole rings is 1. The van der Waals surface area contributed by atoms with Crippen LogP contribution in [0, 0.1) is 0 Å². The van der Waals surface area contributed by atoms with E-state index in [9.17, 15) is 9.59 Å². The van der Waals surface area contributed by atoms with E-state index in [4.69, 9.17) is 5.11 Å². The van der Waals surface area contributed by atoms with Crippen LogP contribution in [0.2, 0.25) is 0 Å². The Morgan fingerprint density at radius 1 is 1.50 bits per heavy atom. The number of tetrazole rings is 1. The van der Waals surface area contributed by atoms with Crippen molar-refractivity contribution in [3.63, 3.8) is 0 Å². The molecule has 10 heteroatoms. The number of aliphatic carboxylic acids is 1. The minimum absolute atomic E-state index is 0.122. The molecule has 2 N–H and O–H groups in total. The number of carbonyl (C=O) groups excluding carboxylic acids is 1. The number of rotatable bonds is 5. The summed E-state index contributed by atoms with van der Waals surface area (Å²) < 4.78 is 1.14. The minimum atomic E-state index is -1.06. The Morgan fingerprint density at radius 2 is 2.33 bits per heavy atom. The van der Waals surface area contributed by atoms with E-state index < -0.39 is 5.97 Å². The maximum absolute atomic E-state index is 11.6. The Bertz CT molecular complexity index is 551. The molecular formula is C8H8N6O3S. The lowest BCUT2D eigenvalue weighted by molar-refractivity contribution is -0.136. The van der Waals surface area contributed by atoms with E-state index >= 15 is 0 Å². The summed E-state index contributed by atoms with van der Waals surface area (Å²) in [5, 5.41) is 23.8. The van der Waals surface area contributed by atoms with Gasteiger partial charge in [-0.3, -0.25) is 9.59 Å². The molecular weight excluding hydrogens is 260 g/mol. The number of carboxylic acids is 1. The zero-order valence-corrected chi connectivity index (χ0v) is 9.79. The molecule has 0 unspecified atom stereocenters. The Morgan fingerprint density at radius 3 is 3.00 bits per heavy atom. The summed E-state index contributed by atoms with van der Waals surface area (Å²) in [5.41, 5.74) is 0. The van der Waals surface area contributed by atoms with Gasteiger partial charge < -0.3 is 10.4 Å². The van der Waals surface area contributed by atoms with E-state index in [-0.39, 0.29) is 24.7 Å². The van der Waals surface area contributed by atoms with Crippen LogP contribution in [0.5, 0.6) is 0 Å². The molecule has 18 heavy (non-hydrogen) atoms. The molecule has 2 rings (SSSR count). The smallest absolute Gasteiger partial charge is 0.311 e. The number of hydrogen-bond acceptors (Lipinski definition) is 7. The van der Waals surface area contributed by atoms with Gasteiger partial charge in [-0.25, -0.2) is 9.67 Å². The maximum Gasteiger partial charge on any atom is 0.311 e. The van der Waals surface area contributed by atoms with Crippen LogP contribution in [0.15, 0.2) is 11.6 Å². The highest BCUT2D eigenvalue weighted by Crippen LogP contribution is 2.10. The van der Waals surface area contributed by atoms with Crippen molar-refractivity contribution in [2.75, 3.05) is 5.32 Å². The van der Waals surface area contributed by atoms with Gasteiger partial charge in [0.15, 0.2) is 11.0 Å². The molecule has 0 aromatic carbocycles. The molecule has 0 saturated carbocycles. The Hall–Kier alpha value is -2.36. The molecule has 1 amide bonds. The fourth-order valence-corrected chi connectivity index (χ4v) is 1.73. The predicted molar refractivity (Wildman–Crippen MR) is 59.9 cm³/mol. The van der Waals surface area contributed by atoms with E-state index in [2.05, 4.69) is 25.8 Å². The van der Waals surface area contributed by atoms with E-state index in [0.29, 0.717) is 5.13 Å². The lowest BCUT2D eigenvalue weighted by atomic mass is 10.4. The van der Waals surface area contributed by atoms with Crippen LogP contribution in [0.1, 0.15) is 5.82 Å². The summed E-state index contributed by atoms with van der Waals surface area (Å²) in [4.78, 5) is 26.0. The Kier molecular flexibility index (Phi) is 3.57. The van der Waals surface area contributed by atoms with Gasteiger partial charge in [-0.15, -0.1) is 16.4 Å². The zero-order valence-electron chi connectivity index (χ0n) is 8.98. The highest BCUT2D eigenvalue weighted by molar-refractivity contribution is 7.13. The van der Waals surface area contributed by atoms with Crippen molar-refractivity contribution in [1.82, 2.24) is 25.2 Å². The normalized spacial score (nSPS) is 10.2. The van der Waals surface area contributed by atoms with Crippen LogP contribution in [-0.2, 0) is 22.6 Å². The van der Waals surface area contributed by atoms with Crippen molar-refractivity contribution >= 4 is 28.3 Å². The van der Waals surface area contributed by atoms with Gasteiger partial charge in [-0.05, 0) is 10.4 Å². The van der Waals surface area contributed by atoms with Crippen molar-refractivity contribution in [1.29, 1.82) is 0 Å². The summed E-state index contributed by atoms with van der Waals surface area (Å²) in [7, 11) is 0. The standard InChI is InChI=1S/C8H8N6O3S/c15-6(10-8-9-1-2-18-8)4-14-5(3-7(16)17)11-12-13-14/h1-2H,3-4H2,(H,16,17)(H,9,10,15). The van der Waals surface area contributed by atoms with Gasteiger partial charge in [0.1, 0.15) is 13.0 Å². The van der Waals surface area contributed by atoms with E-state index in [0.717, 1.165) is 4.68 Å². The second-order valence-corrected chi connectivity index (χ2v) is 4.10. The third-order valence-electron chi connectivity index (χ3n) is 1.89. The topological polar surface area (TPSA) is 123 Å². The second kappa shape index (κ2) is 5.31. The molecule has 9 nitrogen and oxygen atoms in total. The lowest BCUT2D eigenvalue weighted by Gasteiger charge is -2.02. The predicted octanol–water partition coefficient (Wildman–Crippen LogP) is -0.605. The molecule has 0 bridgehead atoms. The highest BCUT2D eigenvalue weighted by Gasteiger charge is 2.13. The summed E-state index contributed by atoms with van der Waals surface area (Å²) in [6.07, 6.45) is 1.23. The fourth-order valence-electron chi connectivity index (χ4n) is 1.19. The van der Waals surface area contributed by atoms with E-state index in [1.807, 2.05) is 0 Å². The zero-order chi connectivity index (χ0) is 13.0. The molecule has 0 saturated heterocycles. The third-order valence-corrected chi connectivity index (χ3v) is 2.58. The van der Waals surface area contributed by atoms with Crippen molar-refractivity contribution in [2.45, 2.75) is 13.0 Å². The van der Waals surface area contributed by atoms with Crippen molar-refractivity contribution in [2.24, 2.45) is 0 Å². The minimum Gasteiger partial charge on any atom is -0.481 e. The van der Waals surface area contributed by atoms with Gasteiger partial charge in [0, 0.05) is 11.6 Å². The molecule has 2 aromatic heterocycles. The third kappa shape index (κ3) is 3.07. The lowest BCUT2D eigenvalue weighted by Crippen LogP contribution is -2.22. The number of hydrogen-bond donors (Lipinski definition) is 2. The van der Waals surface area contributed by atoms with Crippen LogP contribution in [0.25, 0.3) is 0 Å². The van der Waals surface area contributed by atoms with Gasteiger partial charge in [0.2, 0.25) is 5.91 Å². The van der Waals surface area contributed by atoms with Crippen LogP contribution in [0.4, 0.5) is 5.13 Å². The first-order chi connectivity index (χ1) is 8.65. The second-order valence-electron chi connectivity index (χ2n) is 3.21. The van der Waals surface area contributed by atoms with Gasteiger partial charge in [0.05, 0.1) is 0 Å². The summed E-state index contributed by atoms with van der Waals surface area (Å²) >= 11 is 1.28. The van der Waals surface area contributed by atoms with Crippen molar-refractivity contribution in [3.05, 3.63) is 17.4 Å². The van der Waals surface area contributed by atoms with Crippen molar-refractivity contribution < 1.29 is 14.7 Å². The van der Waals surface area contributed by atoms with E-state index in [1.54, 1.807) is 11.6 Å². The quantitative estimate of drug-likeness (QED) is 0.741. The van der Waals surface area contributed by atoms with Gasteiger partial charge in [-0.1, -0.05) is 0 Å². The first-order valence-electron chi connectivity index (χ1n) is 4.81. The number of anilines is 1. The van der Waals surface area contributed by atoms with Crippen LogP contribution >= 0.6 is 11.3 Å². The number of carbonyl (C=O) groups is 2. The van der Waals surface area contributed by atoms with E-state index in [1.165, 1.54) is 11.3 Å². The molecule has 94 valence electrons. The molecule has 0 atom stereocenters. The fraction of sp³-hybridized carbons (Fsp3) is 0.250. The van der Waals surface area contributed by atoms with Crippen LogP contribution in [0.3, 0.4) is 0 Å². The summed E-state index contributed by atoms with van der Waals surface area (Å²) in [6.45, 7) is -0.158. The van der Waals surface area contributed by atoms with Crippen LogP contribution < -0.4 is 5.32 Å². The number of amides is 1. The number of aromatic nitrogens is 5. The first-order valence-corrected chi connectivity index (χ1v) is 5.69. The average molecular weight is 268 g/mol. The van der Waals surface area contributed by atoms with Gasteiger partial charge >= 0.3 is 5.97 Å². The van der Waals surface area contributed by atoms with Crippen molar-refractivity contribution in [3.8, 4) is 0 Å². The molecule has 2 heterocycles. The van der Waals surface area contributed by atoms with Crippen LogP contribution in [-0.4, -0.2) is 42.2 Å². The molecule has 0 aliphatic heterocycles. The largest absolute Gasteiger partial charge is 0.481 e. The molecule has 0 fully saturated rings. The number of carboxylic acid groups (broad SMARTS) is 1. The summed E-state index contributed by atoms with van der Waals surface area (Å²) in [5.74, 6) is -1.31. The number of nitrogens with one attached hydrogen (secondary N) is 1. The molecule has 0 aliphatic rings. The molecule has 0 radical (unpaired) electrons. The molecule has 0 spiro atoms. The van der Waals surface area contributed by atoms with Gasteiger partial charge in [-0.2, -0.15) is 0 Å². The monoisotopic (exact) mass is 268 g/mol. The molecule has 0 aliphatic carbocycles. The average Bonchev–Trinajstić information content (AvgIpc) is 2.91. The highest BCUT2D eigenvalue weighted by atomic mass is 32.1. The van der Waals surface area contributed by atoms with Gasteiger partial charge in [0.25, 0.3) is 0 Å². The maximum atomic E-state index is 11.6. The molecule has 2 aromatic rings. The Labute approximate surface area is 104 Å². The first kappa shape index (κ1) is 12.1.